The third-order valence-corrected chi connectivity index (χ3v) is 7.79. The van der Waals surface area contributed by atoms with E-state index in [1.165, 1.54) is 193 Å². The quantitative estimate of drug-likeness (QED) is 0.0925. The van der Waals surface area contributed by atoms with Crippen molar-refractivity contribution in [3.63, 3.8) is 0 Å². The molecule has 0 saturated heterocycles. The molecule has 34 heavy (non-hydrogen) atoms. The molecule has 1 nitrogen and oxygen atoms in total. The van der Waals surface area contributed by atoms with Gasteiger partial charge in [-0.05, 0) is 33.0 Å². The Balaban J connectivity index is 3.13. The van der Waals surface area contributed by atoms with Crippen LogP contribution in [0.1, 0.15) is 194 Å². The van der Waals surface area contributed by atoms with Crippen LogP contribution in [-0.4, -0.2) is 25.0 Å². The molecule has 0 atom stereocenters. The van der Waals surface area contributed by atoms with Gasteiger partial charge in [0.15, 0.2) is 0 Å². The van der Waals surface area contributed by atoms with E-state index in [2.05, 4.69) is 25.8 Å². The summed E-state index contributed by atoms with van der Waals surface area (Å²) in [5.41, 5.74) is 0. The molecular weight excluding hydrogens is 410 g/mol. The number of nitrogens with zero attached hydrogens (tertiary/aromatic N) is 1. The molecule has 0 aromatic rings. The Labute approximate surface area is 218 Å². The molecule has 0 saturated carbocycles. The second-order valence-corrected chi connectivity index (χ2v) is 11.5. The summed E-state index contributed by atoms with van der Waals surface area (Å²) >= 11 is 0. The van der Waals surface area contributed by atoms with Gasteiger partial charge < -0.3 is 4.90 Å². The zero-order valence-electron chi connectivity index (χ0n) is 24.7. The summed E-state index contributed by atoms with van der Waals surface area (Å²) in [6, 6.07) is 0. The molecule has 0 spiro atoms. The van der Waals surface area contributed by atoms with Gasteiger partial charge >= 0.3 is 0 Å². The molecule has 206 valence electrons. The molecule has 0 aromatic heterocycles. The van der Waals surface area contributed by atoms with Crippen LogP contribution in [0.25, 0.3) is 0 Å². The fraction of sp³-hybridized carbons (Fsp3) is 1.00. The molecule has 0 aliphatic rings. The lowest BCUT2D eigenvalue weighted by Crippen LogP contribution is -2.20. The number of rotatable bonds is 30. The summed E-state index contributed by atoms with van der Waals surface area (Å²) < 4.78 is 0. The second-order valence-electron chi connectivity index (χ2n) is 11.5. The first-order chi connectivity index (χ1) is 16.8. The van der Waals surface area contributed by atoms with Crippen molar-refractivity contribution in [2.24, 2.45) is 0 Å². The van der Waals surface area contributed by atoms with Crippen molar-refractivity contribution in [1.29, 1.82) is 0 Å². The highest BCUT2D eigenvalue weighted by Crippen LogP contribution is 2.14. The Hall–Kier alpha value is -0.0400. The maximum atomic E-state index is 2.58. The minimum Gasteiger partial charge on any atom is -0.306 e. The molecule has 0 bridgehead atoms. The van der Waals surface area contributed by atoms with Crippen LogP contribution >= 0.6 is 0 Å². The summed E-state index contributed by atoms with van der Waals surface area (Å²) in [6.45, 7) is 7.24. The van der Waals surface area contributed by atoms with Crippen LogP contribution in [0.4, 0.5) is 0 Å². The van der Waals surface area contributed by atoms with Gasteiger partial charge in [0, 0.05) is 0 Å². The molecule has 0 aliphatic carbocycles. The predicted molar refractivity (Wildman–Crippen MR) is 158 cm³/mol. The minimum atomic E-state index is 1.32. The van der Waals surface area contributed by atoms with Gasteiger partial charge in [-0.3, -0.25) is 0 Å². The molecule has 0 unspecified atom stereocenters. The summed E-state index contributed by atoms with van der Waals surface area (Å²) in [4.78, 5) is 2.58. The molecule has 0 aliphatic heterocycles. The summed E-state index contributed by atoms with van der Waals surface area (Å²) in [6.07, 6.45) is 40.8. The maximum absolute atomic E-state index is 2.58. The lowest BCUT2D eigenvalue weighted by molar-refractivity contribution is 0.314. The van der Waals surface area contributed by atoms with Gasteiger partial charge in [0.1, 0.15) is 0 Å². The van der Waals surface area contributed by atoms with E-state index in [0.717, 1.165) is 0 Å². The molecule has 1 heteroatoms. The van der Waals surface area contributed by atoms with E-state index in [-0.39, 0.29) is 0 Å². The van der Waals surface area contributed by atoms with Gasteiger partial charge in [0.05, 0.1) is 0 Å². The molecule has 0 fully saturated rings. The summed E-state index contributed by atoms with van der Waals surface area (Å²) in [5, 5.41) is 0. The van der Waals surface area contributed by atoms with Crippen LogP contribution < -0.4 is 0 Å². The topological polar surface area (TPSA) is 3.24 Å². The van der Waals surface area contributed by atoms with Crippen LogP contribution in [0.2, 0.25) is 0 Å². The molecule has 0 aromatic carbocycles. The van der Waals surface area contributed by atoms with Gasteiger partial charge in [0.25, 0.3) is 0 Å². The van der Waals surface area contributed by atoms with Crippen LogP contribution in [0.3, 0.4) is 0 Å². The largest absolute Gasteiger partial charge is 0.306 e. The van der Waals surface area contributed by atoms with E-state index in [9.17, 15) is 0 Å². The summed E-state index contributed by atoms with van der Waals surface area (Å²) in [7, 11) is 2.34. The Morgan fingerprint density at radius 1 is 0.265 bits per heavy atom. The van der Waals surface area contributed by atoms with E-state index >= 15 is 0 Å². The molecule has 0 heterocycles. The molecule has 0 rings (SSSR count). The van der Waals surface area contributed by atoms with Gasteiger partial charge in [-0.1, -0.05) is 181 Å². The average molecular weight is 480 g/mol. The highest BCUT2D eigenvalue weighted by Gasteiger charge is 2.00. The number of hydrogen-bond acceptors (Lipinski definition) is 1. The fourth-order valence-corrected chi connectivity index (χ4v) is 5.26. The highest BCUT2D eigenvalue weighted by molar-refractivity contribution is 4.55. The Bertz CT molecular complexity index is 307. The standard InChI is InChI=1S/C33H69N/c1-4-6-8-10-12-14-16-18-20-22-24-26-28-30-32-34(3)33-31-29-27-25-23-21-19-17-15-13-11-9-7-5-2/h4-33H2,1-3H3. The highest BCUT2D eigenvalue weighted by atomic mass is 15.1. The van der Waals surface area contributed by atoms with Gasteiger partial charge in [0.2, 0.25) is 0 Å². The number of hydrogen-bond donors (Lipinski definition) is 0. The maximum Gasteiger partial charge on any atom is -0.00218 e. The van der Waals surface area contributed by atoms with Gasteiger partial charge in [-0.25, -0.2) is 0 Å². The molecule has 0 radical (unpaired) electrons. The SMILES string of the molecule is CCCCCCCCCCCCCCCCN(C)CCCCCCCCCCCCCCCC. The van der Waals surface area contributed by atoms with E-state index in [1.54, 1.807) is 0 Å². The Kier molecular flexibility index (Phi) is 31.0. The first kappa shape index (κ1) is 34.0. The van der Waals surface area contributed by atoms with E-state index in [4.69, 9.17) is 0 Å². The monoisotopic (exact) mass is 480 g/mol. The predicted octanol–water partition coefficient (Wildman–Crippen LogP) is 11.9. The zero-order chi connectivity index (χ0) is 24.8. The van der Waals surface area contributed by atoms with E-state index in [1.807, 2.05) is 0 Å². The van der Waals surface area contributed by atoms with Crippen molar-refractivity contribution in [2.45, 2.75) is 194 Å². The third-order valence-electron chi connectivity index (χ3n) is 7.79. The Morgan fingerprint density at radius 3 is 0.647 bits per heavy atom. The van der Waals surface area contributed by atoms with Crippen LogP contribution in [0.5, 0.6) is 0 Å². The van der Waals surface area contributed by atoms with Gasteiger partial charge in [-0.15, -0.1) is 0 Å². The van der Waals surface area contributed by atoms with Crippen LogP contribution in [0, 0.1) is 0 Å². The van der Waals surface area contributed by atoms with E-state index < -0.39 is 0 Å². The fourth-order valence-electron chi connectivity index (χ4n) is 5.26. The first-order valence-corrected chi connectivity index (χ1v) is 16.5. The lowest BCUT2D eigenvalue weighted by Gasteiger charge is -2.16. The number of unbranched alkanes of at least 4 members (excludes halogenated alkanes) is 26. The first-order valence-electron chi connectivity index (χ1n) is 16.5. The Morgan fingerprint density at radius 2 is 0.441 bits per heavy atom. The van der Waals surface area contributed by atoms with Crippen LogP contribution in [0.15, 0.2) is 0 Å². The molecule has 0 N–H and O–H groups in total. The molecule has 0 amide bonds. The van der Waals surface area contributed by atoms with Crippen LogP contribution in [-0.2, 0) is 0 Å². The second kappa shape index (κ2) is 31.0. The molecular formula is C33H69N. The zero-order valence-corrected chi connectivity index (χ0v) is 24.7. The van der Waals surface area contributed by atoms with E-state index in [0.29, 0.717) is 0 Å². The van der Waals surface area contributed by atoms with Gasteiger partial charge in [-0.2, -0.15) is 0 Å². The normalized spacial score (nSPS) is 11.6. The summed E-state index contributed by atoms with van der Waals surface area (Å²) in [5.74, 6) is 0. The average Bonchev–Trinajstić information content (AvgIpc) is 2.84. The van der Waals surface area contributed by atoms with Crippen molar-refractivity contribution < 1.29 is 0 Å². The van der Waals surface area contributed by atoms with Crippen molar-refractivity contribution in [2.75, 3.05) is 20.1 Å². The van der Waals surface area contributed by atoms with Crippen molar-refractivity contribution >= 4 is 0 Å². The minimum absolute atomic E-state index is 1.32. The lowest BCUT2D eigenvalue weighted by atomic mass is 10.0. The smallest absolute Gasteiger partial charge is 0.00218 e. The third kappa shape index (κ3) is 30.0. The van der Waals surface area contributed by atoms with Crippen molar-refractivity contribution in [3.8, 4) is 0 Å². The van der Waals surface area contributed by atoms with Crippen molar-refractivity contribution in [3.05, 3.63) is 0 Å². The van der Waals surface area contributed by atoms with Crippen molar-refractivity contribution in [1.82, 2.24) is 4.90 Å².